The zero-order chi connectivity index (χ0) is 12.8. The highest BCUT2D eigenvalue weighted by Crippen LogP contribution is 2.27. The summed E-state index contributed by atoms with van der Waals surface area (Å²) in [5, 5.41) is 6.63. The summed E-state index contributed by atoms with van der Waals surface area (Å²) in [5.74, 6) is 1.09. The number of carbonyl (C=O) groups is 1. The van der Waals surface area contributed by atoms with Crippen LogP contribution in [0.2, 0.25) is 0 Å². The molecule has 1 aliphatic carbocycles. The molecule has 2 atom stereocenters. The van der Waals surface area contributed by atoms with Crippen molar-refractivity contribution in [2.75, 3.05) is 6.54 Å². The van der Waals surface area contributed by atoms with Gasteiger partial charge in [-0.05, 0) is 38.6 Å². The van der Waals surface area contributed by atoms with Gasteiger partial charge in [0.1, 0.15) is 0 Å². The highest BCUT2D eigenvalue weighted by Gasteiger charge is 2.20. The first kappa shape index (κ1) is 16.8. The summed E-state index contributed by atoms with van der Waals surface area (Å²) in [6.07, 6.45) is 10.8. The fourth-order valence-electron chi connectivity index (χ4n) is 3.37. The van der Waals surface area contributed by atoms with Gasteiger partial charge in [-0.1, -0.05) is 32.1 Å². The van der Waals surface area contributed by atoms with E-state index in [2.05, 4.69) is 17.6 Å². The normalized spacial score (nSPS) is 28.5. The molecule has 1 aliphatic heterocycles. The van der Waals surface area contributed by atoms with Gasteiger partial charge in [0.2, 0.25) is 5.91 Å². The Kier molecular flexibility index (Phi) is 7.77. The van der Waals surface area contributed by atoms with Crippen molar-refractivity contribution in [3.8, 4) is 0 Å². The molecule has 1 heterocycles. The maximum absolute atomic E-state index is 11.9. The van der Waals surface area contributed by atoms with Crippen molar-refractivity contribution >= 4 is 18.3 Å². The number of piperidine rings is 1. The van der Waals surface area contributed by atoms with Crippen molar-refractivity contribution in [1.29, 1.82) is 0 Å². The molecule has 2 unspecified atom stereocenters. The Morgan fingerprint density at radius 3 is 2.63 bits per heavy atom. The average Bonchev–Trinajstić information content (AvgIpc) is 2.38. The zero-order valence-electron chi connectivity index (χ0n) is 12.1. The van der Waals surface area contributed by atoms with Gasteiger partial charge in [0.25, 0.3) is 0 Å². The Morgan fingerprint density at radius 1 is 1.21 bits per heavy atom. The molecule has 2 fully saturated rings. The molecule has 0 radical (unpaired) electrons. The number of halogens is 1. The Bertz CT molecular complexity index is 267. The first-order valence-corrected chi connectivity index (χ1v) is 7.77. The van der Waals surface area contributed by atoms with E-state index in [-0.39, 0.29) is 18.3 Å². The van der Waals surface area contributed by atoms with Gasteiger partial charge in [-0.2, -0.15) is 0 Å². The second-order valence-corrected chi connectivity index (χ2v) is 6.19. The monoisotopic (exact) mass is 288 g/mol. The topological polar surface area (TPSA) is 41.1 Å². The van der Waals surface area contributed by atoms with Crippen LogP contribution in [0, 0.1) is 5.92 Å². The van der Waals surface area contributed by atoms with Crippen LogP contribution in [0.25, 0.3) is 0 Å². The highest BCUT2D eigenvalue weighted by molar-refractivity contribution is 5.85. The molecular formula is C15H29ClN2O. The SMILES string of the molecule is CC1CC(NC(=O)CCC2CCCCC2)CCN1.Cl. The van der Waals surface area contributed by atoms with E-state index in [0.29, 0.717) is 12.1 Å². The number of rotatable bonds is 4. The number of carbonyl (C=O) groups excluding carboxylic acids is 1. The van der Waals surface area contributed by atoms with Gasteiger partial charge < -0.3 is 10.6 Å². The largest absolute Gasteiger partial charge is 0.353 e. The van der Waals surface area contributed by atoms with Crippen molar-refractivity contribution in [2.24, 2.45) is 5.92 Å². The average molecular weight is 289 g/mol. The molecular weight excluding hydrogens is 260 g/mol. The Balaban J connectivity index is 0.00000180. The van der Waals surface area contributed by atoms with E-state index >= 15 is 0 Å². The molecule has 4 heteroatoms. The van der Waals surface area contributed by atoms with Gasteiger partial charge in [0.15, 0.2) is 0 Å². The lowest BCUT2D eigenvalue weighted by Crippen LogP contribution is -2.46. The standard InChI is InChI=1S/C15H28N2O.ClH/c1-12-11-14(9-10-16-12)17-15(18)8-7-13-5-3-2-4-6-13;/h12-14,16H,2-11H2,1H3,(H,17,18);1H. The fourth-order valence-corrected chi connectivity index (χ4v) is 3.37. The molecule has 0 aromatic heterocycles. The molecule has 1 saturated heterocycles. The van der Waals surface area contributed by atoms with E-state index in [1.165, 1.54) is 32.1 Å². The fraction of sp³-hybridized carbons (Fsp3) is 0.933. The van der Waals surface area contributed by atoms with Crippen LogP contribution >= 0.6 is 12.4 Å². The van der Waals surface area contributed by atoms with Crippen molar-refractivity contribution < 1.29 is 4.79 Å². The van der Waals surface area contributed by atoms with E-state index in [0.717, 1.165) is 38.1 Å². The molecule has 0 aromatic rings. The summed E-state index contributed by atoms with van der Waals surface area (Å²) in [5.41, 5.74) is 0. The Labute approximate surface area is 123 Å². The predicted molar refractivity (Wildman–Crippen MR) is 81.7 cm³/mol. The van der Waals surface area contributed by atoms with Gasteiger partial charge in [0, 0.05) is 18.5 Å². The van der Waals surface area contributed by atoms with Crippen LogP contribution in [0.5, 0.6) is 0 Å². The third-order valence-corrected chi connectivity index (χ3v) is 4.49. The van der Waals surface area contributed by atoms with Crippen LogP contribution in [0.3, 0.4) is 0 Å². The van der Waals surface area contributed by atoms with Crippen molar-refractivity contribution in [2.45, 2.75) is 76.8 Å². The van der Waals surface area contributed by atoms with Crippen LogP contribution in [-0.2, 0) is 4.79 Å². The molecule has 112 valence electrons. The van der Waals surface area contributed by atoms with Gasteiger partial charge in [-0.3, -0.25) is 4.79 Å². The number of hydrogen-bond donors (Lipinski definition) is 2. The second kappa shape index (κ2) is 8.80. The molecule has 2 aliphatic rings. The van der Waals surface area contributed by atoms with Gasteiger partial charge >= 0.3 is 0 Å². The molecule has 0 aromatic carbocycles. The quantitative estimate of drug-likeness (QED) is 0.835. The predicted octanol–water partition coefficient (Wildman–Crippen LogP) is 3.03. The summed E-state index contributed by atoms with van der Waals surface area (Å²) in [6, 6.07) is 0.947. The third-order valence-electron chi connectivity index (χ3n) is 4.49. The number of nitrogens with one attached hydrogen (secondary N) is 2. The summed E-state index contributed by atoms with van der Waals surface area (Å²) >= 11 is 0. The molecule has 3 nitrogen and oxygen atoms in total. The van der Waals surface area contributed by atoms with E-state index in [1.807, 2.05) is 0 Å². The number of hydrogen-bond acceptors (Lipinski definition) is 2. The third kappa shape index (κ3) is 6.13. The van der Waals surface area contributed by atoms with E-state index in [9.17, 15) is 4.79 Å². The number of amides is 1. The van der Waals surface area contributed by atoms with Crippen LogP contribution in [-0.4, -0.2) is 24.5 Å². The summed E-state index contributed by atoms with van der Waals surface area (Å²) < 4.78 is 0. The highest BCUT2D eigenvalue weighted by atomic mass is 35.5. The van der Waals surface area contributed by atoms with Gasteiger partial charge in [-0.25, -0.2) is 0 Å². The first-order chi connectivity index (χ1) is 8.74. The van der Waals surface area contributed by atoms with Crippen LogP contribution in [0.15, 0.2) is 0 Å². The molecule has 1 amide bonds. The smallest absolute Gasteiger partial charge is 0.220 e. The van der Waals surface area contributed by atoms with Crippen LogP contribution in [0.4, 0.5) is 0 Å². The Morgan fingerprint density at radius 2 is 1.95 bits per heavy atom. The lowest BCUT2D eigenvalue weighted by Gasteiger charge is -2.29. The lowest BCUT2D eigenvalue weighted by atomic mass is 9.86. The van der Waals surface area contributed by atoms with Crippen molar-refractivity contribution in [3.05, 3.63) is 0 Å². The molecule has 19 heavy (non-hydrogen) atoms. The van der Waals surface area contributed by atoms with E-state index in [1.54, 1.807) is 0 Å². The molecule has 0 bridgehead atoms. The minimum atomic E-state index is 0. The van der Waals surface area contributed by atoms with Crippen LogP contribution < -0.4 is 10.6 Å². The molecule has 2 rings (SSSR count). The first-order valence-electron chi connectivity index (χ1n) is 7.77. The minimum Gasteiger partial charge on any atom is -0.353 e. The Hall–Kier alpha value is -0.280. The lowest BCUT2D eigenvalue weighted by molar-refractivity contribution is -0.122. The summed E-state index contributed by atoms with van der Waals surface area (Å²) in [7, 11) is 0. The van der Waals surface area contributed by atoms with Crippen LogP contribution in [0.1, 0.15) is 64.7 Å². The van der Waals surface area contributed by atoms with Gasteiger partial charge in [0.05, 0.1) is 0 Å². The minimum absolute atomic E-state index is 0. The van der Waals surface area contributed by atoms with Crippen molar-refractivity contribution in [3.63, 3.8) is 0 Å². The molecule has 1 saturated carbocycles. The van der Waals surface area contributed by atoms with Crippen molar-refractivity contribution in [1.82, 2.24) is 10.6 Å². The van der Waals surface area contributed by atoms with E-state index in [4.69, 9.17) is 0 Å². The molecule has 0 spiro atoms. The maximum atomic E-state index is 11.9. The maximum Gasteiger partial charge on any atom is 0.220 e. The summed E-state index contributed by atoms with van der Waals surface area (Å²) in [6.45, 7) is 3.23. The second-order valence-electron chi connectivity index (χ2n) is 6.19. The molecule has 2 N–H and O–H groups in total. The zero-order valence-corrected chi connectivity index (χ0v) is 12.9. The van der Waals surface area contributed by atoms with E-state index < -0.39 is 0 Å². The van der Waals surface area contributed by atoms with Gasteiger partial charge in [-0.15, -0.1) is 12.4 Å². The summed E-state index contributed by atoms with van der Waals surface area (Å²) in [4.78, 5) is 11.9.